The zero-order chi connectivity index (χ0) is 9.30. The van der Waals surface area contributed by atoms with Crippen LogP contribution in [0.15, 0.2) is 6.20 Å². The van der Waals surface area contributed by atoms with Gasteiger partial charge in [-0.25, -0.2) is 9.18 Å². The summed E-state index contributed by atoms with van der Waals surface area (Å²) < 4.78 is 12.8. The Labute approximate surface area is 72.8 Å². The summed E-state index contributed by atoms with van der Waals surface area (Å²) in [6, 6.07) is 0. The highest BCUT2D eigenvalue weighted by atomic mass is 35.5. The van der Waals surface area contributed by atoms with E-state index in [0.717, 1.165) is 6.20 Å². The molecule has 0 fully saturated rings. The molecule has 5 heteroatoms. The number of carboxylic acids is 1. The molecule has 0 spiro atoms. The first-order chi connectivity index (χ1) is 5.54. The maximum atomic E-state index is 12.8. The minimum atomic E-state index is -1.39. The fraction of sp³-hybridized carbons (Fsp3) is 0.143. The number of hydrogen-bond acceptors (Lipinski definition) is 2. The molecule has 1 aromatic heterocycles. The highest BCUT2D eigenvalue weighted by Crippen LogP contribution is 2.20. The van der Waals surface area contributed by atoms with Gasteiger partial charge in [-0.3, -0.25) is 4.98 Å². The number of aromatic nitrogens is 1. The number of carboxylic acid groups (broad SMARTS) is 1. The summed E-state index contributed by atoms with van der Waals surface area (Å²) >= 11 is 5.51. The van der Waals surface area contributed by atoms with Crippen LogP contribution in [0.2, 0.25) is 5.02 Å². The van der Waals surface area contributed by atoms with E-state index in [2.05, 4.69) is 4.98 Å². The predicted molar refractivity (Wildman–Crippen MR) is 40.9 cm³/mol. The summed E-state index contributed by atoms with van der Waals surface area (Å²) in [4.78, 5) is 14.0. The van der Waals surface area contributed by atoms with E-state index in [0.29, 0.717) is 5.69 Å². The summed E-state index contributed by atoms with van der Waals surface area (Å²) in [6.45, 7) is 1.51. The van der Waals surface area contributed by atoms with Gasteiger partial charge in [0.2, 0.25) is 0 Å². The van der Waals surface area contributed by atoms with E-state index in [1.165, 1.54) is 6.92 Å². The second kappa shape index (κ2) is 3.06. The van der Waals surface area contributed by atoms with Crippen LogP contribution in [0.5, 0.6) is 0 Å². The Morgan fingerprint density at radius 1 is 1.75 bits per heavy atom. The van der Waals surface area contributed by atoms with E-state index < -0.39 is 17.3 Å². The lowest BCUT2D eigenvalue weighted by molar-refractivity contribution is 0.0691. The van der Waals surface area contributed by atoms with E-state index in [1.54, 1.807) is 0 Å². The van der Waals surface area contributed by atoms with Crippen LogP contribution in [0.3, 0.4) is 0 Å². The van der Waals surface area contributed by atoms with Gasteiger partial charge in [-0.15, -0.1) is 0 Å². The van der Waals surface area contributed by atoms with E-state index in [-0.39, 0.29) is 5.02 Å². The highest BCUT2D eigenvalue weighted by molar-refractivity contribution is 6.34. The van der Waals surface area contributed by atoms with Crippen LogP contribution in [0.25, 0.3) is 0 Å². The molecule has 0 unspecified atom stereocenters. The van der Waals surface area contributed by atoms with Crippen molar-refractivity contribution in [1.29, 1.82) is 0 Å². The van der Waals surface area contributed by atoms with Gasteiger partial charge >= 0.3 is 5.97 Å². The maximum absolute atomic E-state index is 12.8. The molecule has 0 saturated carbocycles. The van der Waals surface area contributed by atoms with Gasteiger partial charge in [0.25, 0.3) is 0 Å². The first-order valence-corrected chi connectivity index (χ1v) is 3.45. The lowest BCUT2D eigenvalue weighted by atomic mass is 10.2. The fourth-order valence-electron chi connectivity index (χ4n) is 0.756. The van der Waals surface area contributed by atoms with Crippen molar-refractivity contribution >= 4 is 17.6 Å². The molecule has 0 amide bonds. The average Bonchev–Trinajstić information content (AvgIpc) is 1.97. The smallest absolute Gasteiger partial charge is 0.340 e. The molecule has 1 rings (SSSR count). The molecule has 0 bridgehead atoms. The largest absolute Gasteiger partial charge is 0.478 e. The van der Waals surface area contributed by atoms with Gasteiger partial charge in [-0.2, -0.15) is 0 Å². The average molecular weight is 190 g/mol. The summed E-state index contributed by atoms with van der Waals surface area (Å²) in [7, 11) is 0. The summed E-state index contributed by atoms with van der Waals surface area (Å²) in [6.07, 6.45) is 0.838. The zero-order valence-electron chi connectivity index (χ0n) is 6.14. The Morgan fingerprint density at radius 3 is 2.75 bits per heavy atom. The van der Waals surface area contributed by atoms with E-state index in [4.69, 9.17) is 16.7 Å². The molecule has 3 nitrogen and oxygen atoms in total. The fourth-order valence-corrected chi connectivity index (χ4v) is 0.976. The molecule has 0 aliphatic heterocycles. The van der Waals surface area contributed by atoms with Crippen LogP contribution in [-0.4, -0.2) is 16.1 Å². The molecule has 0 aromatic carbocycles. The number of halogens is 2. The lowest BCUT2D eigenvalue weighted by Gasteiger charge is -2.01. The van der Waals surface area contributed by atoms with E-state index in [1.807, 2.05) is 0 Å². The number of aromatic carboxylic acids is 1. The van der Waals surface area contributed by atoms with Crippen molar-refractivity contribution in [3.63, 3.8) is 0 Å². The highest BCUT2D eigenvalue weighted by Gasteiger charge is 2.16. The van der Waals surface area contributed by atoms with Crippen molar-refractivity contribution in [2.75, 3.05) is 0 Å². The molecule has 0 radical (unpaired) electrons. The lowest BCUT2D eigenvalue weighted by Crippen LogP contribution is -2.04. The normalized spacial score (nSPS) is 9.92. The third-order valence-corrected chi connectivity index (χ3v) is 1.82. The van der Waals surface area contributed by atoms with Crippen LogP contribution < -0.4 is 0 Å². The molecule has 12 heavy (non-hydrogen) atoms. The molecule has 64 valence electrons. The van der Waals surface area contributed by atoms with Crippen molar-refractivity contribution in [2.45, 2.75) is 6.92 Å². The number of pyridine rings is 1. The minimum absolute atomic E-state index is 0.150. The van der Waals surface area contributed by atoms with E-state index >= 15 is 0 Å². The SMILES string of the molecule is Cc1ncc(F)c(C(=O)O)c1Cl. The van der Waals surface area contributed by atoms with Gasteiger partial charge in [0.1, 0.15) is 5.56 Å². The topological polar surface area (TPSA) is 50.2 Å². The first-order valence-electron chi connectivity index (χ1n) is 3.08. The third-order valence-electron chi connectivity index (χ3n) is 1.36. The van der Waals surface area contributed by atoms with Crippen LogP contribution in [-0.2, 0) is 0 Å². The Bertz CT molecular complexity index is 340. The minimum Gasteiger partial charge on any atom is -0.478 e. The van der Waals surface area contributed by atoms with Gasteiger partial charge in [-0.1, -0.05) is 11.6 Å². The molecule has 1 N–H and O–H groups in total. The Hall–Kier alpha value is -1.16. The number of carbonyl (C=O) groups is 1. The Balaban J connectivity index is 3.43. The summed E-state index contributed by atoms with van der Waals surface area (Å²) in [5.74, 6) is -2.30. The van der Waals surface area contributed by atoms with Crippen LogP contribution in [0.1, 0.15) is 16.1 Å². The number of rotatable bonds is 1. The van der Waals surface area contributed by atoms with Crippen molar-refractivity contribution in [3.8, 4) is 0 Å². The van der Waals surface area contributed by atoms with Crippen LogP contribution in [0, 0.1) is 12.7 Å². The Morgan fingerprint density at radius 2 is 2.33 bits per heavy atom. The first kappa shape index (κ1) is 8.93. The van der Waals surface area contributed by atoms with Gasteiger partial charge in [0, 0.05) is 0 Å². The van der Waals surface area contributed by atoms with Crippen LogP contribution in [0.4, 0.5) is 4.39 Å². The molecule has 0 atom stereocenters. The van der Waals surface area contributed by atoms with E-state index in [9.17, 15) is 9.18 Å². The molecule has 0 aliphatic rings. The predicted octanol–water partition coefficient (Wildman–Crippen LogP) is 1.88. The Kier molecular flexibility index (Phi) is 2.28. The third kappa shape index (κ3) is 1.38. The van der Waals surface area contributed by atoms with Gasteiger partial charge in [0.15, 0.2) is 5.82 Å². The molecular weight excluding hydrogens is 185 g/mol. The summed E-state index contributed by atoms with van der Waals surface area (Å²) in [5.41, 5.74) is -0.223. The van der Waals surface area contributed by atoms with Crippen molar-refractivity contribution in [3.05, 3.63) is 28.3 Å². The maximum Gasteiger partial charge on any atom is 0.340 e. The van der Waals surface area contributed by atoms with Gasteiger partial charge in [0.05, 0.1) is 16.9 Å². The van der Waals surface area contributed by atoms with Crippen LogP contribution >= 0.6 is 11.6 Å². The van der Waals surface area contributed by atoms with Crippen molar-refractivity contribution in [1.82, 2.24) is 4.98 Å². The zero-order valence-corrected chi connectivity index (χ0v) is 6.89. The van der Waals surface area contributed by atoms with Crippen molar-refractivity contribution < 1.29 is 14.3 Å². The second-order valence-corrected chi connectivity index (χ2v) is 2.56. The number of nitrogens with zero attached hydrogens (tertiary/aromatic N) is 1. The quantitative estimate of drug-likeness (QED) is 0.734. The second-order valence-electron chi connectivity index (χ2n) is 2.19. The van der Waals surface area contributed by atoms with Gasteiger partial charge in [-0.05, 0) is 6.92 Å². The molecular formula is C7H5ClFNO2. The molecule has 0 saturated heterocycles. The number of hydrogen-bond donors (Lipinski definition) is 1. The number of aryl methyl sites for hydroxylation is 1. The monoisotopic (exact) mass is 189 g/mol. The summed E-state index contributed by atoms with van der Waals surface area (Å²) in [5, 5.41) is 8.37. The standard InChI is InChI=1S/C7H5ClFNO2/c1-3-6(8)5(7(11)12)4(9)2-10-3/h2H,1H3,(H,11,12). The molecule has 0 aliphatic carbocycles. The van der Waals surface area contributed by atoms with Crippen molar-refractivity contribution in [2.24, 2.45) is 0 Å². The molecule has 1 heterocycles. The van der Waals surface area contributed by atoms with Gasteiger partial charge < -0.3 is 5.11 Å². The molecule has 1 aromatic rings.